The minimum absolute atomic E-state index is 0.243. The van der Waals surface area contributed by atoms with Crippen molar-refractivity contribution in [3.63, 3.8) is 0 Å². The molecule has 0 aromatic rings. The first-order valence-electron chi connectivity index (χ1n) is 5.28. The first-order chi connectivity index (χ1) is 6.33. The number of hydrogen-bond donors (Lipinski definition) is 1. The zero-order valence-electron chi connectivity index (χ0n) is 8.56. The number of rotatable bonds is 5. The molecule has 1 N–H and O–H groups in total. The molecule has 0 radical (unpaired) electrons. The second-order valence-corrected chi connectivity index (χ2v) is 3.97. The molecule has 0 amide bonds. The van der Waals surface area contributed by atoms with E-state index in [1.54, 1.807) is 0 Å². The lowest BCUT2D eigenvalue weighted by Gasteiger charge is -2.28. The highest BCUT2D eigenvalue weighted by Crippen LogP contribution is 2.18. The van der Waals surface area contributed by atoms with Crippen LogP contribution in [-0.4, -0.2) is 44.8 Å². The second-order valence-electron chi connectivity index (χ2n) is 3.97. The Morgan fingerprint density at radius 1 is 1.31 bits per heavy atom. The fourth-order valence-electron chi connectivity index (χ4n) is 1.85. The highest BCUT2D eigenvalue weighted by Gasteiger charge is 2.15. The van der Waals surface area contributed by atoms with Gasteiger partial charge in [-0.1, -0.05) is 0 Å². The van der Waals surface area contributed by atoms with Crippen LogP contribution in [0, 0.1) is 5.92 Å². The van der Waals surface area contributed by atoms with Crippen LogP contribution in [0.1, 0.15) is 19.3 Å². The van der Waals surface area contributed by atoms with E-state index in [1.165, 1.54) is 32.4 Å². The maximum Gasteiger partial charge on any atom is 0.102 e. The zero-order valence-corrected chi connectivity index (χ0v) is 8.56. The Bertz CT molecular complexity index is 122. The normalized spacial score (nSPS) is 20.8. The van der Waals surface area contributed by atoms with E-state index in [9.17, 15) is 4.39 Å². The van der Waals surface area contributed by atoms with Crippen molar-refractivity contribution < 1.29 is 4.39 Å². The maximum atomic E-state index is 11.7. The molecular formula is C10H21FN2. The van der Waals surface area contributed by atoms with Gasteiger partial charge < -0.3 is 10.2 Å². The summed E-state index contributed by atoms with van der Waals surface area (Å²) in [5.41, 5.74) is 0. The van der Waals surface area contributed by atoms with Crippen molar-refractivity contribution >= 4 is 0 Å². The van der Waals surface area contributed by atoms with Gasteiger partial charge >= 0.3 is 0 Å². The Morgan fingerprint density at radius 3 is 2.62 bits per heavy atom. The van der Waals surface area contributed by atoms with Crippen LogP contribution in [0.15, 0.2) is 0 Å². The zero-order chi connectivity index (χ0) is 9.52. The summed E-state index contributed by atoms with van der Waals surface area (Å²) >= 11 is 0. The topological polar surface area (TPSA) is 15.3 Å². The van der Waals surface area contributed by atoms with Crippen LogP contribution in [-0.2, 0) is 0 Å². The van der Waals surface area contributed by atoms with E-state index in [0.29, 0.717) is 6.54 Å². The Kier molecular flexibility index (Phi) is 5.32. The lowest BCUT2D eigenvalue weighted by Crippen LogP contribution is -2.31. The van der Waals surface area contributed by atoms with Gasteiger partial charge in [-0.3, -0.25) is 0 Å². The standard InChI is InChI=1S/C10H21FN2/c1-13-8-3-10(4-9-13)2-6-12-7-5-11/h10,12H,2-9H2,1H3. The second kappa shape index (κ2) is 6.33. The molecule has 0 atom stereocenters. The smallest absolute Gasteiger partial charge is 0.102 e. The molecule has 1 heterocycles. The van der Waals surface area contributed by atoms with E-state index >= 15 is 0 Å². The van der Waals surface area contributed by atoms with Crippen LogP contribution >= 0.6 is 0 Å². The van der Waals surface area contributed by atoms with Crippen LogP contribution < -0.4 is 5.32 Å². The Morgan fingerprint density at radius 2 is 2.00 bits per heavy atom. The molecule has 1 rings (SSSR count). The SMILES string of the molecule is CN1CCC(CCNCCF)CC1. The molecule has 0 spiro atoms. The van der Waals surface area contributed by atoms with Gasteiger partial charge in [-0.15, -0.1) is 0 Å². The number of nitrogens with zero attached hydrogens (tertiary/aromatic N) is 1. The summed E-state index contributed by atoms with van der Waals surface area (Å²) in [7, 11) is 2.18. The Labute approximate surface area is 80.5 Å². The number of halogens is 1. The highest BCUT2D eigenvalue weighted by molar-refractivity contribution is 4.70. The summed E-state index contributed by atoms with van der Waals surface area (Å²) in [5, 5.41) is 3.10. The molecule has 1 aliphatic heterocycles. The third-order valence-corrected chi connectivity index (χ3v) is 2.84. The van der Waals surface area contributed by atoms with Crippen LogP contribution in [0.4, 0.5) is 4.39 Å². The Hall–Kier alpha value is -0.150. The monoisotopic (exact) mass is 188 g/mol. The third kappa shape index (κ3) is 4.58. The molecule has 0 unspecified atom stereocenters. The molecule has 1 fully saturated rings. The van der Waals surface area contributed by atoms with Gasteiger partial charge in [-0.2, -0.15) is 0 Å². The van der Waals surface area contributed by atoms with Gasteiger partial charge in [0, 0.05) is 6.54 Å². The molecule has 1 saturated heterocycles. The molecule has 3 heteroatoms. The average molecular weight is 188 g/mol. The van der Waals surface area contributed by atoms with E-state index in [1.807, 2.05) is 0 Å². The van der Waals surface area contributed by atoms with E-state index in [-0.39, 0.29) is 6.67 Å². The van der Waals surface area contributed by atoms with Crippen LogP contribution in [0.2, 0.25) is 0 Å². The summed E-state index contributed by atoms with van der Waals surface area (Å²) in [6, 6.07) is 0. The van der Waals surface area contributed by atoms with Crippen molar-refractivity contribution in [2.45, 2.75) is 19.3 Å². The maximum absolute atomic E-state index is 11.7. The van der Waals surface area contributed by atoms with E-state index < -0.39 is 0 Å². The molecule has 0 aliphatic carbocycles. The minimum atomic E-state index is -0.243. The fraction of sp³-hybridized carbons (Fsp3) is 1.00. The molecule has 2 nitrogen and oxygen atoms in total. The molecule has 78 valence electrons. The summed E-state index contributed by atoms with van der Waals surface area (Å²) in [4.78, 5) is 2.38. The molecule has 0 saturated carbocycles. The first-order valence-corrected chi connectivity index (χ1v) is 5.28. The number of hydrogen-bond acceptors (Lipinski definition) is 2. The Balaban J connectivity index is 1.96. The molecule has 0 aromatic heterocycles. The lowest BCUT2D eigenvalue weighted by atomic mass is 9.94. The van der Waals surface area contributed by atoms with Crippen LogP contribution in [0.25, 0.3) is 0 Å². The number of alkyl halides is 1. The van der Waals surface area contributed by atoms with Crippen molar-refractivity contribution in [3.05, 3.63) is 0 Å². The third-order valence-electron chi connectivity index (χ3n) is 2.84. The molecule has 1 aliphatic rings. The van der Waals surface area contributed by atoms with Gasteiger partial charge in [0.2, 0.25) is 0 Å². The quantitative estimate of drug-likeness (QED) is 0.654. The average Bonchev–Trinajstić information content (AvgIpc) is 2.15. The number of nitrogens with one attached hydrogen (secondary N) is 1. The lowest BCUT2D eigenvalue weighted by molar-refractivity contribution is 0.211. The fourth-order valence-corrected chi connectivity index (χ4v) is 1.85. The van der Waals surface area contributed by atoms with Crippen molar-refractivity contribution in [2.24, 2.45) is 5.92 Å². The molecule has 0 aromatic carbocycles. The predicted molar refractivity (Wildman–Crippen MR) is 53.7 cm³/mol. The summed E-state index contributed by atoms with van der Waals surface area (Å²) in [5.74, 6) is 0.864. The number of piperidine rings is 1. The van der Waals surface area contributed by atoms with Gasteiger partial charge in [0.1, 0.15) is 6.67 Å². The van der Waals surface area contributed by atoms with Crippen molar-refractivity contribution in [3.8, 4) is 0 Å². The van der Waals surface area contributed by atoms with Gasteiger partial charge in [0.15, 0.2) is 0 Å². The van der Waals surface area contributed by atoms with Crippen LogP contribution in [0.3, 0.4) is 0 Å². The van der Waals surface area contributed by atoms with Crippen molar-refractivity contribution in [1.82, 2.24) is 10.2 Å². The molecule has 13 heavy (non-hydrogen) atoms. The number of likely N-dealkylation sites (tertiary alicyclic amines) is 1. The summed E-state index contributed by atoms with van der Waals surface area (Å²) < 4.78 is 11.7. The largest absolute Gasteiger partial charge is 0.314 e. The van der Waals surface area contributed by atoms with Crippen molar-refractivity contribution in [1.29, 1.82) is 0 Å². The van der Waals surface area contributed by atoms with Crippen LogP contribution in [0.5, 0.6) is 0 Å². The molecule has 0 bridgehead atoms. The predicted octanol–water partition coefficient (Wildman–Crippen LogP) is 1.28. The van der Waals surface area contributed by atoms with E-state index in [4.69, 9.17) is 0 Å². The highest BCUT2D eigenvalue weighted by atomic mass is 19.1. The summed E-state index contributed by atoms with van der Waals surface area (Å²) in [6.07, 6.45) is 3.84. The van der Waals surface area contributed by atoms with Gasteiger partial charge in [0.25, 0.3) is 0 Å². The first kappa shape index (κ1) is 10.9. The van der Waals surface area contributed by atoms with E-state index in [2.05, 4.69) is 17.3 Å². The van der Waals surface area contributed by atoms with Gasteiger partial charge in [-0.25, -0.2) is 4.39 Å². The van der Waals surface area contributed by atoms with E-state index in [0.717, 1.165) is 12.5 Å². The molecular weight excluding hydrogens is 167 g/mol. The summed E-state index contributed by atoms with van der Waals surface area (Å²) in [6.45, 7) is 3.72. The van der Waals surface area contributed by atoms with Gasteiger partial charge in [-0.05, 0) is 51.9 Å². The van der Waals surface area contributed by atoms with Crippen molar-refractivity contribution in [2.75, 3.05) is 39.9 Å². The minimum Gasteiger partial charge on any atom is -0.314 e. The van der Waals surface area contributed by atoms with Gasteiger partial charge in [0.05, 0.1) is 0 Å².